The fraction of sp³-hybridized carbons (Fsp3) is 0.700. The lowest BCUT2D eigenvalue weighted by Crippen LogP contribution is -2.39. The van der Waals surface area contributed by atoms with E-state index < -0.39 is 0 Å². The Labute approximate surface area is 89.0 Å². The van der Waals surface area contributed by atoms with Crippen molar-refractivity contribution < 1.29 is 14.4 Å². The van der Waals surface area contributed by atoms with Crippen LogP contribution in [0.3, 0.4) is 0 Å². The van der Waals surface area contributed by atoms with Crippen LogP contribution in [0.25, 0.3) is 0 Å². The van der Waals surface area contributed by atoms with Crippen molar-refractivity contribution in [2.24, 2.45) is 0 Å². The van der Waals surface area contributed by atoms with Gasteiger partial charge in [0.15, 0.2) is 0 Å². The van der Waals surface area contributed by atoms with Crippen LogP contribution in [0.5, 0.6) is 0 Å². The van der Waals surface area contributed by atoms with E-state index in [2.05, 4.69) is 0 Å². The summed E-state index contributed by atoms with van der Waals surface area (Å²) in [4.78, 5) is 36.4. The third-order valence-electron chi connectivity index (χ3n) is 2.71. The SMILES string of the molecule is CC1CN(CCC=O)C(=O)CC(=O)N1C. The number of amides is 2. The molecule has 0 aromatic carbocycles. The van der Waals surface area contributed by atoms with Gasteiger partial charge in [-0.3, -0.25) is 9.59 Å². The molecule has 15 heavy (non-hydrogen) atoms. The van der Waals surface area contributed by atoms with Crippen LogP contribution in [0.1, 0.15) is 19.8 Å². The molecule has 1 aliphatic heterocycles. The number of carbonyl (C=O) groups excluding carboxylic acids is 3. The molecule has 1 unspecified atom stereocenters. The lowest BCUT2D eigenvalue weighted by molar-refractivity contribution is -0.136. The first-order valence-electron chi connectivity index (χ1n) is 5.03. The predicted octanol–water partition coefficient (Wildman–Crippen LogP) is -0.345. The van der Waals surface area contributed by atoms with Crippen LogP contribution in [0.2, 0.25) is 0 Å². The van der Waals surface area contributed by atoms with Gasteiger partial charge in [0, 0.05) is 32.6 Å². The number of nitrogens with zero attached hydrogens (tertiary/aromatic N) is 2. The molecule has 1 heterocycles. The van der Waals surface area contributed by atoms with Crippen molar-refractivity contribution in [3.8, 4) is 0 Å². The molecular formula is C10H16N2O3. The molecule has 0 N–H and O–H groups in total. The lowest BCUT2D eigenvalue weighted by Gasteiger charge is -2.25. The van der Waals surface area contributed by atoms with E-state index in [4.69, 9.17) is 0 Å². The van der Waals surface area contributed by atoms with Gasteiger partial charge >= 0.3 is 0 Å². The molecule has 1 atom stereocenters. The van der Waals surface area contributed by atoms with Crippen LogP contribution in [-0.4, -0.2) is 54.1 Å². The maximum atomic E-state index is 11.6. The zero-order valence-corrected chi connectivity index (χ0v) is 9.10. The number of rotatable bonds is 3. The third kappa shape index (κ3) is 2.78. The molecule has 0 aromatic rings. The first kappa shape index (κ1) is 11.7. The van der Waals surface area contributed by atoms with Gasteiger partial charge in [-0.2, -0.15) is 0 Å². The molecule has 0 aromatic heterocycles. The summed E-state index contributed by atoms with van der Waals surface area (Å²) in [6.45, 7) is 2.81. The highest BCUT2D eigenvalue weighted by Gasteiger charge is 2.28. The van der Waals surface area contributed by atoms with Gasteiger partial charge in [0.2, 0.25) is 11.8 Å². The molecule has 5 heteroatoms. The van der Waals surface area contributed by atoms with E-state index in [0.717, 1.165) is 6.29 Å². The lowest BCUT2D eigenvalue weighted by atomic mass is 10.3. The maximum Gasteiger partial charge on any atom is 0.232 e. The van der Waals surface area contributed by atoms with Crippen molar-refractivity contribution in [2.75, 3.05) is 20.1 Å². The summed E-state index contributed by atoms with van der Waals surface area (Å²) in [5.74, 6) is -0.334. The van der Waals surface area contributed by atoms with E-state index in [1.807, 2.05) is 6.92 Å². The van der Waals surface area contributed by atoms with Crippen molar-refractivity contribution >= 4 is 18.1 Å². The Morgan fingerprint density at radius 3 is 2.67 bits per heavy atom. The Bertz CT molecular complexity index is 278. The molecule has 5 nitrogen and oxygen atoms in total. The van der Waals surface area contributed by atoms with Crippen molar-refractivity contribution in [3.05, 3.63) is 0 Å². The van der Waals surface area contributed by atoms with Crippen molar-refractivity contribution in [1.82, 2.24) is 9.80 Å². The Kier molecular flexibility index (Phi) is 3.82. The van der Waals surface area contributed by atoms with Crippen LogP contribution in [0, 0.1) is 0 Å². The Morgan fingerprint density at radius 2 is 2.07 bits per heavy atom. The smallest absolute Gasteiger partial charge is 0.232 e. The molecule has 0 bridgehead atoms. The van der Waals surface area contributed by atoms with Gasteiger partial charge in [-0.05, 0) is 6.92 Å². The molecule has 84 valence electrons. The number of aldehydes is 1. The van der Waals surface area contributed by atoms with Gasteiger partial charge in [-0.15, -0.1) is 0 Å². The first-order chi connectivity index (χ1) is 7.06. The monoisotopic (exact) mass is 212 g/mol. The second-order valence-electron chi connectivity index (χ2n) is 3.83. The van der Waals surface area contributed by atoms with Crippen LogP contribution in [0.15, 0.2) is 0 Å². The van der Waals surface area contributed by atoms with Gasteiger partial charge < -0.3 is 14.6 Å². The molecule has 0 radical (unpaired) electrons. The van der Waals surface area contributed by atoms with Gasteiger partial charge in [0.05, 0.1) is 0 Å². The average molecular weight is 212 g/mol. The summed E-state index contributed by atoms with van der Waals surface area (Å²) in [7, 11) is 1.70. The van der Waals surface area contributed by atoms with E-state index in [0.29, 0.717) is 19.5 Å². The zero-order chi connectivity index (χ0) is 11.4. The van der Waals surface area contributed by atoms with E-state index in [1.165, 1.54) is 0 Å². The van der Waals surface area contributed by atoms with E-state index in [1.54, 1.807) is 16.8 Å². The highest BCUT2D eigenvalue weighted by Crippen LogP contribution is 2.10. The maximum absolute atomic E-state index is 11.6. The van der Waals surface area contributed by atoms with Crippen LogP contribution < -0.4 is 0 Å². The molecule has 1 fully saturated rings. The number of carbonyl (C=O) groups is 3. The summed E-state index contributed by atoms with van der Waals surface area (Å²) in [6, 6.07) is 0.00982. The molecule has 1 saturated heterocycles. The zero-order valence-electron chi connectivity index (χ0n) is 9.10. The van der Waals surface area contributed by atoms with Crippen molar-refractivity contribution in [3.63, 3.8) is 0 Å². The minimum Gasteiger partial charge on any atom is -0.341 e. The average Bonchev–Trinajstić information content (AvgIpc) is 2.29. The highest BCUT2D eigenvalue weighted by molar-refractivity contribution is 5.97. The molecule has 1 aliphatic rings. The second-order valence-corrected chi connectivity index (χ2v) is 3.83. The van der Waals surface area contributed by atoms with Gasteiger partial charge in [-0.25, -0.2) is 0 Å². The Balaban J connectivity index is 2.69. The first-order valence-corrected chi connectivity index (χ1v) is 5.03. The minimum atomic E-state index is -0.182. The van der Waals surface area contributed by atoms with Crippen molar-refractivity contribution in [1.29, 1.82) is 0 Å². The summed E-state index contributed by atoms with van der Waals surface area (Å²) < 4.78 is 0. The molecular weight excluding hydrogens is 196 g/mol. The number of hydrogen-bond acceptors (Lipinski definition) is 3. The van der Waals surface area contributed by atoms with Crippen molar-refractivity contribution in [2.45, 2.75) is 25.8 Å². The van der Waals surface area contributed by atoms with Crippen LogP contribution in [-0.2, 0) is 14.4 Å². The predicted molar refractivity (Wildman–Crippen MR) is 54.1 cm³/mol. The summed E-state index contributed by atoms with van der Waals surface area (Å²) >= 11 is 0. The van der Waals surface area contributed by atoms with Gasteiger partial charge in [0.25, 0.3) is 0 Å². The van der Waals surface area contributed by atoms with Crippen LogP contribution in [0.4, 0.5) is 0 Å². The van der Waals surface area contributed by atoms with Gasteiger partial charge in [0.1, 0.15) is 12.7 Å². The standard InChI is InChI=1S/C10H16N2O3/c1-8-7-12(4-3-5-13)10(15)6-9(14)11(8)2/h5,8H,3-4,6-7H2,1-2H3. The third-order valence-corrected chi connectivity index (χ3v) is 2.71. The van der Waals surface area contributed by atoms with E-state index in [9.17, 15) is 14.4 Å². The summed E-state index contributed by atoms with van der Waals surface area (Å²) in [5.41, 5.74) is 0. The molecule has 1 rings (SSSR count). The van der Waals surface area contributed by atoms with E-state index >= 15 is 0 Å². The quantitative estimate of drug-likeness (QED) is 0.475. The molecule has 0 spiro atoms. The Morgan fingerprint density at radius 1 is 1.40 bits per heavy atom. The fourth-order valence-electron chi connectivity index (χ4n) is 1.58. The largest absolute Gasteiger partial charge is 0.341 e. The fourth-order valence-corrected chi connectivity index (χ4v) is 1.58. The topological polar surface area (TPSA) is 57.7 Å². The number of likely N-dealkylation sites (N-methyl/N-ethyl adjacent to an activating group) is 1. The molecule has 0 saturated carbocycles. The van der Waals surface area contributed by atoms with Crippen LogP contribution >= 0.6 is 0 Å². The van der Waals surface area contributed by atoms with E-state index in [-0.39, 0.29) is 24.3 Å². The number of hydrogen-bond donors (Lipinski definition) is 0. The normalized spacial score (nSPS) is 22.9. The van der Waals surface area contributed by atoms with Gasteiger partial charge in [-0.1, -0.05) is 0 Å². The minimum absolute atomic E-state index is 0.00982. The summed E-state index contributed by atoms with van der Waals surface area (Å²) in [5, 5.41) is 0. The highest BCUT2D eigenvalue weighted by atomic mass is 16.2. The Hall–Kier alpha value is -1.39. The second kappa shape index (κ2) is 4.91. The summed E-state index contributed by atoms with van der Waals surface area (Å²) in [6.07, 6.45) is 1.03. The molecule has 2 amide bonds. The molecule has 0 aliphatic carbocycles.